The van der Waals surface area contributed by atoms with Gasteiger partial charge in [0.05, 0.1) is 15.2 Å². The van der Waals surface area contributed by atoms with E-state index in [-0.39, 0.29) is 0 Å². The highest BCUT2D eigenvalue weighted by Crippen LogP contribution is 2.46. The highest BCUT2D eigenvalue weighted by molar-refractivity contribution is 7.89. The van der Waals surface area contributed by atoms with E-state index >= 15 is 0 Å². The van der Waals surface area contributed by atoms with Crippen LogP contribution in [-0.4, -0.2) is 35.8 Å². The lowest BCUT2D eigenvalue weighted by molar-refractivity contribution is -0.423. The molecule has 0 amide bonds. The minimum Gasteiger partial charge on any atom is -0.282 e. The number of hydrogen-bond donors (Lipinski definition) is 2. The van der Waals surface area contributed by atoms with Crippen molar-refractivity contribution >= 4 is 53.2 Å². The van der Waals surface area contributed by atoms with Crippen LogP contribution in [0, 0.1) is 20.2 Å². The number of nitro groups is 2. The molecule has 0 spiro atoms. The van der Waals surface area contributed by atoms with Gasteiger partial charge in [0, 0.05) is 5.39 Å². The van der Waals surface area contributed by atoms with Gasteiger partial charge < -0.3 is 0 Å². The summed E-state index contributed by atoms with van der Waals surface area (Å²) in [5, 5.41) is 22.3. The van der Waals surface area contributed by atoms with Gasteiger partial charge in [-0.1, -0.05) is 24.3 Å². The van der Waals surface area contributed by atoms with E-state index in [2.05, 4.69) is 0 Å². The largest absolute Gasteiger partial charge is 0.369 e. The van der Waals surface area contributed by atoms with Gasteiger partial charge in [0.15, 0.2) is 0 Å². The van der Waals surface area contributed by atoms with Gasteiger partial charge in [-0.05, 0) is 22.9 Å². The Balaban J connectivity index is 2.86. The van der Waals surface area contributed by atoms with Crippen molar-refractivity contribution in [2.75, 3.05) is 0 Å². The molecule has 28 heavy (non-hydrogen) atoms. The molecule has 0 heterocycles. The number of fused-ring (bicyclic) bond motifs is 2. The first-order valence-electron chi connectivity index (χ1n) is 7.10. The maximum atomic E-state index is 11.9. The molecule has 12 nitrogen and oxygen atoms in total. The van der Waals surface area contributed by atoms with E-state index in [1.165, 1.54) is 18.2 Å². The van der Waals surface area contributed by atoms with Crippen LogP contribution in [0.1, 0.15) is 0 Å². The molecule has 3 aromatic rings. The van der Waals surface area contributed by atoms with Crippen molar-refractivity contribution in [1.82, 2.24) is 0 Å². The highest BCUT2D eigenvalue weighted by atomic mass is 32.2. The summed E-state index contributed by atoms with van der Waals surface area (Å²) in [5.41, 5.74) is -3.12. The normalized spacial score (nSPS) is 12.4. The van der Waals surface area contributed by atoms with Crippen molar-refractivity contribution < 1.29 is 35.8 Å². The molecule has 0 radical (unpaired) electrons. The second kappa shape index (κ2) is 6.16. The Labute approximate surface area is 155 Å². The van der Waals surface area contributed by atoms with Crippen molar-refractivity contribution in [1.29, 1.82) is 0 Å². The van der Waals surface area contributed by atoms with E-state index in [0.29, 0.717) is 10.8 Å². The van der Waals surface area contributed by atoms with Gasteiger partial charge in [-0.25, -0.2) is 0 Å². The van der Waals surface area contributed by atoms with Crippen molar-refractivity contribution in [2.45, 2.75) is 9.79 Å². The predicted molar refractivity (Wildman–Crippen MR) is 94.4 cm³/mol. The fraction of sp³-hybridized carbons (Fsp3) is 0. The summed E-state index contributed by atoms with van der Waals surface area (Å²) in [6, 6.07) is 8.09. The first-order chi connectivity index (χ1) is 12.8. The molecule has 2 N–H and O–H groups in total. The standard InChI is InChI=1S/C14H8N2O10S2/c17-15(18)11-9-5-7-3-1-2-4-8(7)6-10(9)13(27(21,22)23)14(28(24,25)26)12(11)16(19)20/h1-6H,(H,21,22,23)(H,24,25,26). The van der Waals surface area contributed by atoms with Gasteiger partial charge in [-0.3, -0.25) is 29.3 Å². The molecule has 0 aliphatic carbocycles. The van der Waals surface area contributed by atoms with Crippen LogP contribution in [0.25, 0.3) is 21.5 Å². The smallest absolute Gasteiger partial charge is 0.282 e. The lowest BCUT2D eigenvalue weighted by atomic mass is 10.0. The molecule has 3 aromatic carbocycles. The summed E-state index contributed by atoms with van der Waals surface area (Å²) in [7, 11) is -11.2. The second-order valence-corrected chi connectivity index (χ2v) is 8.28. The van der Waals surface area contributed by atoms with Gasteiger partial charge in [0.1, 0.15) is 4.90 Å². The lowest BCUT2D eigenvalue weighted by Gasteiger charge is -2.11. The molecular weight excluding hydrogens is 420 g/mol. The van der Waals surface area contributed by atoms with Crippen molar-refractivity contribution in [3.8, 4) is 0 Å². The second-order valence-electron chi connectivity index (χ2n) is 5.56. The summed E-state index contributed by atoms with van der Waals surface area (Å²) in [6.45, 7) is 0. The first-order valence-corrected chi connectivity index (χ1v) is 9.98. The average molecular weight is 428 g/mol. The van der Waals surface area contributed by atoms with Crippen LogP contribution < -0.4 is 0 Å². The Hall–Kier alpha value is -3.20. The molecule has 3 rings (SSSR count). The van der Waals surface area contributed by atoms with E-state index in [1.807, 2.05) is 0 Å². The number of nitro benzene ring substituents is 2. The van der Waals surface area contributed by atoms with Crippen LogP contribution in [0.15, 0.2) is 46.2 Å². The molecule has 14 heteroatoms. The summed E-state index contributed by atoms with van der Waals surface area (Å²) < 4.78 is 66.3. The maximum Gasteiger partial charge on any atom is 0.369 e. The zero-order chi connectivity index (χ0) is 21.0. The fourth-order valence-corrected chi connectivity index (χ4v) is 5.11. The van der Waals surface area contributed by atoms with E-state index in [0.717, 1.165) is 12.1 Å². The Morgan fingerprint density at radius 2 is 1.14 bits per heavy atom. The van der Waals surface area contributed by atoms with E-state index < -0.39 is 62.0 Å². The minimum atomic E-state index is -5.68. The van der Waals surface area contributed by atoms with Crippen LogP contribution in [0.3, 0.4) is 0 Å². The molecule has 0 aliphatic rings. The monoisotopic (exact) mass is 428 g/mol. The average Bonchev–Trinajstić information content (AvgIpc) is 2.55. The van der Waals surface area contributed by atoms with Crippen molar-refractivity contribution in [3.05, 3.63) is 56.6 Å². The maximum absolute atomic E-state index is 11.9. The van der Waals surface area contributed by atoms with Gasteiger partial charge in [0.25, 0.3) is 10.1 Å². The zero-order valence-corrected chi connectivity index (χ0v) is 15.0. The first kappa shape index (κ1) is 19.6. The predicted octanol–water partition coefficient (Wildman–Crippen LogP) is 2.30. The Kier molecular flexibility index (Phi) is 4.31. The zero-order valence-electron chi connectivity index (χ0n) is 13.3. The van der Waals surface area contributed by atoms with Gasteiger partial charge in [0.2, 0.25) is 4.90 Å². The van der Waals surface area contributed by atoms with Crippen molar-refractivity contribution in [3.63, 3.8) is 0 Å². The Bertz CT molecular complexity index is 1410. The molecule has 0 aromatic heterocycles. The molecule has 0 unspecified atom stereocenters. The van der Waals surface area contributed by atoms with Gasteiger partial charge in [-0.15, -0.1) is 0 Å². The summed E-state index contributed by atoms with van der Waals surface area (Å²) in [4.78, 5) is 16.8. The lowest BCUT2D eigenvalue weighted by Crippen LogP contribution is -2.14. The van der Waals surface area contributed by atoms with Gasteiger partial charge >= 0.3 is 21.5 Å². The number of benzene rings is 3. The molecule has 146 valence electrons. The summed E-state index contributed by atoms with van der Waals surface area (Å²) in [5.74, 6) is 0. The van der Waals surface area contributed by atoms with Gasteiger partial charge in [-0.2, -0.15) is 16.8 Å². The molecular formula is C14H8N2O10S2. The Morgan fingerprint density at radius 1 is 0.714 bits per heavy atom. The van der Waals surface area contributed by atoms with Crippen LogP contribution in [-0.2, 0) is 20.2 Å². The summed E-state index contributed by atoms with van der Waals surface area (Å²) in [6.07, 6.45) is 0. The molecule has 0 aliphatic heterocycles. The number of hydrogen-bond acceptors (Lipinski definition) is 8. The molecule has 0 saturated carbocycles. The number of rotatable bonds is 4. The molecule has 0 saturated heterocycles. The Morgan fingerprint density at radius 3 is 1.54 bits per heavy atom. The molecule has 0 atom stereocenters. The quantitative estimate of drug-likeness (QED) is 0.269. The van der Waals surface area contributed by atoms with E-state index in [4.69, 9.17) is 0 Å². The minimum absolute atomic E-state index is 0.296. The van der Waals surface area contributed by atoms with Crippen molar-refractivity contribution in [2.24, 2.45) is 0 Å². The van der Waals surface area contributed by atoms with Crippen LogP contribution in [0.2, 0.25) is 0 Å². The third-order valence-corrected chi connectivity index (χ3v) is 5.89. The topological polar surface area (TPSA) is 195 Å². The van der Waals surface area contributed by atoms with Crippen LogP contribution in [0.5, 0.6) is 0 Å². The third-order valence-electron chi connectivity index (χ3n) is 3.91. The third kappa shape index (κ3) is 3.03. The highest BCUT2D eigenvalue weighted by Gasteiger charge is 2.43. The number of nitrogens with zero attached hydrogens (tertiary/aromatic N) is 2. The SMILES string of the molecule is O=[N+]([O-])c1c(S(=O)(=O)O)c(S(=O)(=O)O)c2cc3ccccc3cc2c1[N+](=O)[O-]. The molecule has 0 fully saturated rings. The van der Waals surface area contributed by atoms with Crippen LogP contribution in [0.4, 0.5) is 11.4 Å². The fourth-order valence-electron chi connectivity index (χ4n) is 2.94. The van der Waals surface area contributed by atoms with Crippen LogP contribution >= 0.6 is 0 Å². The molecule has 0 bridgehead atoms. The van der Waals surface area contributed by atoms with E-state index in [9.17, 15) is 46.2 Å². The summed E-state index contributed by atoms with van der Waals surface area (Å²) >= 11 is 0. The van der Waals surface area contributed by atoms with E-state index in [1.54, 1.807) is 6.07 Å².